The lowest BCUT2D eigenvalue weighted by Gasteiger charge is -2.20. The summed E-state index contributed by atoms with van der Waals surface area (Å²) >= 11 is 5.47. The smallest absolute Gasteiger partial charge is 0.194 e. The molecule has 1 heterocycles. The summed E-state index contributed by atoms with van der Waals surface area (Å²) in [6.07, 6.45) is 2.87. The van der Waals surface area contributed by atoms with Gasteiger partial charge in [-0.2, -0.15) is 0 Å². The molecule has 1 atom stereocenters. The van der Waals surface area contributed by atoms with Gasteiger partial charge < -0.3 is 15.3 Å². The first-order valence-electron chi connectivity index (χ1n) is 8.29. The summed E-state index contributed by atoms with van der Waals surface area (Å²) in [5.74, 6) is 2.06. The molecule has 0 aromatic heterocycles. The molecule has 1 aliphatic rings. The number of hydrogen-bond acceptors (Lipinski definition) is 3. The number of thioether (sulfide) groups is 1. The predicted molar refractivity (Wildman–Crippen MR) is 102 cm³/mol. The van der Waals surface area contributed by atoms with Crippen LogP contribution in [-0.4, -0.2) is 54.0 Å². The molecule has 0 saturated carbocycles. The molecule has 0 spiro atoms. The molecule has 1 aliphatic heterocycles. The predicted octanol–water partition coefficient (Wildman–Crippen LogP) is 3.35. The van der Waals surface area contributed by atoms with Crippen molar-refractivity contribution in [1.29, 1.82) is 0 Å². The number of guanidine groups is 1. The van der Waals surface area contributed by atoms with E-state index >= 15 is 0 Å². The normalized spacial score (nSPS) is 18.5. The van der Waals surface area contributed by atoms with Crippen LogP contribution in [0.2, 0.25) is 0 Å². The van der Waals surface area contributed by atoms with E-state index in [0.717, 1.165) is 50.6 Å². The van der Waals surface area contributed by atoms with Crippen LogP contribution in [0.15, 0.2) is 38.6 Å². The number of likely N-dealkylation sites (tertiary alicyclic amines) is 1. The number of benzene rings is 1. The van der Waals surface area contributed by atoms with Gasteiger partial charge in [0.1, 0.15) is 0 Å². The number of rotatable bonds is 7. The van der Waals surface area contributed by atoms with Crippen molar-refractivity contribution < 1.29 is 5.11 Å². The summed E-state index contributed by atoms with van der Waals surface area (Å²) in [4.78, 5) is 8.15. The summed E-state index contributed by atoms with van der Waals surface area (Å²) in [6, 6.07) is 8.35. The molecule has 0 aliphatic carbocycles. The maximum Gasteiger partial charge on any atom is 0.194 e. The summed E-state index contributed by atoms with van der Waals surface area (Å²) in [5.41, 5.74) is 0. The third kappa shape index (κ3) is 6.36. The molecular weight excluding hydrogens is 374 g/mol. The minimum absolute atomic E-state index is 0.209. The lowest BCUT2D eigenvalue weighted by Crippen LogP contribution is -2.40. The maximum atomic E-state index is 9.66. The van der Waals surface area contributed by atoms with Gasteiger partial charge in [0.2, 0.25) is 0 Å². The third-order valence-corrected chi connectivity index (χ3v) is 5.82. The second-order valence-electron chi connectivity index (χ2n) is 5.61. The van der Waals surface area contributed by atoms with E-state index in [1.807, 2.05) is 17.8 Å². The zero-order valence-electron chi connectivity index (χ0n) is 13.7. The van der Waals surface area contributed by atoms with E-state index in [-0.39, 0.29) is 6.10 Å². The standard InChI is InChI=1S/C17H26BrN3OS/c1-2-19-17(21-11-9-14(22)13-21)20-10-5-6-12-23-16-8-4-3-7-15(16)18/h3-4,7-8,14,22H,2,5-6,9-13H2,1H3,(H,19,20)/t14-/m1/s1. The Kier molecular flexibility index (Phi) is 8.26. The highest BCUT2D eigenvalue weighted by Crippen LogP contribution is 2.27. The molecule has 1 aromatic carbocycles. The van der Waals surface area contributed by atoms with E-state index in [1.165, 1.54) is 9.37 Å². The number of aliphatic hydroxyl groups excluding tert-OH is 1. The van der Waals surface area contributed by atoms with Gasteiger partial charge in [-0.05, 0) is 60.0 Å². The Balaban J connectivity index is 1.68. The average Bonchev–Trinajstić information content (AvgIpc) is 2.97. The monoisotopic (exact) mass is 399 g/mol. The van der Waals surface area contributed by atoms with Gasteiger partial charge in [-0.1, -0.05) is 12.1 Å². The van der Waals surface area contributed by atoms with Crippen LogP contribution < -0.4 is 5.32 Å². The van der Waals surface area contributed by atoms with Crippen molar-refractivity contribution in [1.82, 2.24) is 10.2 Å². The topological polar surface area (TPSA) is 47.9 Å². The second kappa shape index (κ2) is 10.2. The van der Waals surface area contributed by atoms with Gasteiger partial charge >= 0.3 is 0 Å². The first-order chi connectivity index (χ1) is 11.2. The molecule has 0 unspecified atom stereocenters. The lowest BCUT2D eigenvalue weighted by molar-refractivity contribution is 0.188. The van der Waals surface area contributed by atoms with Crippen LogP contribution >= 0.6 is 27.7 Å². The van der Waals surface area contributed by atoms with Crippen LogP contribution in [0, 0.1) is 0 Å². The Morgan fingerprint density at radius 2 is 2.26 bits per heavy atom. The summed E-state index contributed by atoms with van der Waals surface area (Å²) < 4.78 is 1.17. The molecule has 1 fully saturated rings. The van der Waals surface area contributed by atoms with Crippen LogP contribution in [0.1, 0.15) is 26.2 Å². The number of aliphatic hydroxyl groups is 1. The van der Waals surface area contributed by atoms with Gasteiger partial charge in [0.05, 0.1) is 6.10 Å². The molecule has 23 heavy (non-hydrogen) atoms. The zero-order chi connectivity index (χ0) is 16.5. The van der Waals surface area contributed by atoms with Crippen LogP contribution in [0.4, 0.5) is 0 Å². The summed E-state index contributed by atoms with van der Waals surface area (Å²) in [5, 5.41) is 13.0. The Labute approximate surface area is 151 Å². The average molecular weight is 400 g/mol. The third-order valence-electron chi connectivity index (χ3n) is 3.71. The molecule has 1 saturated heterocycles. The number of β-amino-alcohol motifs (C(OH)–C–C–N with tert-alkyl or cyclic N) is 1. The van der Waals surface area contributed by atoms with E-state index in [2.05, 4.69) is 51.3 Å². The SMILES string of the molecule is CCNC(=NCCCCSc1ccccc1Br)N1CC[C@@H](O)C1. The van der Waals surface area contributed by atoms with Crippen molar-refractivity contribution in [2.45, 2.75) is 37.2 Å². The molecule has 4 nitrogen and oxygen atoms in total. The van der Waals surface area contributed by atoms with Gasteiger partial charge in [-0.3, -0.25) is 4.99 Å². The maximum absolute atomic E-state index is 9.66. The van der Waals surface area contributed by atoms with Gasteiger partial charge in [-0.15, -0.1) is 11.8 Å². The fourth-order valence-electron chi connectivity index (χ4n) is 2.50. The van der Waals surface area contributed by atoms with Crippen molar-refractivity contribution in [3.8, 4) is 0 Å². The van der Waals surface area contributed by atoms with Crippen molar-refractivity contribution in [2.24, 2.45) is 4.99 Å². The zero-order valence-corrected chi connectivity index (χ0v) is 16.1. The summed E-state index contributed by atoms with van der Waals surface area (Å²) in [6.45, 7) is 5.37. The molecule has 0 amide bonds. The van der Waals surface area contributed by atoms with Crippen molar-refractivity contribution in [3.05, 3.63) is 28.7 Å². The fraction of sp³-hybridized carbons (Fsp3) is 0.588. The number of unbranched alkanes of at least 4 members (excludes halogenated alkanes) is 1. The van der Waals surface area contributed by atoms with Crippen LogP contribution in [-0.2, 0) is 0 Å². The van der Waals surface area contributed by atoms with E-state index in [0.29, 0.717) is 6.54 Å². The number of nitrogens with zero attached hydrogens (tertiary/aromatic N) is 2. The van der Waals surface area contributed by atoms with Crippen LogP contribution in [0.5, 0.6) is 0 Å². The largest absolute Gasteiger partial charge is 0.391 e. The lowest BCUT2D eigenvalue weighted by atomic mass is 10.3. The van der Waals surface area contributed by atoms with Gasteiger partial charge in [-0.25, -0.2) is 0 Å². The van der Waals surface area contributed by atoms with E-state index < -0.39 is 0 Å². The first-order valence-corrected chi connectivity index (χ1v) is 10.1. The Morgan fingerprint density at radius 3 is 2.96 bits per heavy atom. The first kappa shape index (κ1) is 18.6. The molecule has 2 rings (SSSR count). The van der Waals surface area contributed by atoms with Crippen molar-refractivity contribution >= 4 is 33.7 Å². The molecule has 0 bridgehead atoms. The van der Waals surface area contributed by atoms with E-state index in [1.54, 1.807) is 0 Å². The molecule has 6 heteroatoms. The van der Waals surface area contributed by atoms with Gasteiger partial charge in [0.15, 0.2) is 5.96 Å². The minimum Gasteiger partial charge on any atom is -0.391 e. The number of nitrogens with one attached hydrogen (secondary N) is 1. The molecular formula is C17H26BrN3OS. The minimum atomic E-state index is -0.209. The van der Waals surface area contributed by atoms with Crippen molar-refractivity contribution in [2.75, 3.05) is 31.9 Å². The highest BCUT2D eigenvalue weighted by atomic mass is 79.9. The Hall–Kier alpha value is -0.720. The second-order valence-corrected chi connectivity index (χ2v) is 7.60. The fourth-order valence-corrected chi connectivity index (χ4v) is 4.08. The van der Waals surface area contributed by atoms with Gasteiger partial charge in [0, 0.05) is 35.5 Å². The van der Waals surface area contributed by atoms with Crippen LogP contribution in [0.25, 0.3) is 0 Å². The highest BCUT2D eigenvalue weighted by molar-refractivity contribution is 9.10. The highest BCUT2D eigenvalue weighted by Gasteiger charge is 2.22. The van der Waals surface area contributed by atoms with Crippen molar-refractivity contribution in [3.63, 3.8) is 0 Å². The quantitative estimate of drug-likeness (QED) is 0.319. The van der Waals surface area contributed by atoms with E-state index in [4.69, 9.17) is 4.99 Å². The summed E-state index contributed by atoms with van der Waals surface area (Å²) in [7, 11) is 0. The number of hydrogen-bond donors (Lipinski definition) is 2. The Morgan fingerprint density at radius 1 is 1.43 bits per heavy atom. The molecule has 128 valence electrons. The van der Waals surface area contributed by atoms with Crippen LogP contribution in [0.3, 0.4) is 0 Å². The molecule has 2 N–H and O–H groups in total. The van der Waals surface area contributed by atoms with E-state index in [9.17, 15) is 5.11 Å². The number of aliphatic imine (C=N–C) groups is 1. The molecule has 0 radical (unpaired) electrons. The van der Waals surface area contributed by atoms with Gasteiger partial charge in [0.25, 0.3) is 0 Å². The molecule has 1 aromatic rings. The number of halogens is 1. The Bertz CT molecular complexity index is 512.